The molecule has 2 aromatic rings. The van der Waals surface area contributed by atoms with Crippen molar-refractivity contribution in [3.8, 4) is 5.75 Å². The molecule has 5 nitrogen and oxygen atoms in total. The molecule has 5 heteroatoms. The molecule has 1 amide bonds. The quantitative estimate of drug-likeness (QED) is 0.683. The van der Waals surface area contributed by atoms with Crippen molar-refractivity contribution >= 4 is 23.1 Å². The lowest BCUT2D eigenvalue weighted by atomic mass is 10.1. The Labute approximate surface area is 134 Å². The molecule has 0 aromatic heterocycles. The molecule has 0 saturated heterocycles. The molecule has 0 unspecified atom stereocenters. The van der Waals surface area contributed by atoms with Gasteiger partial charge in [0.1, 0.15) is 5.75 Å². The molecule has 0 bridgehead atoms. The number of amides is 1. The summed E-state index contributed by atoms with van der Waals surface area (Å²) in [6, 6.07) is 14.6. The lowest BCUT2D eigenvalue weighted by Crippen LogP contribution is -2.04. The highest BCUT2D eigenvalue weighted by Crippen LogP contribution is 2.31. The molecule has 0 radical (unpaired) electrons. The Balaban J connectivity index is 0.000000203. The van der Waals surface area contributed by atoms with E-state index in [0.29, 0.717) is 16.8 Å². The Bertz CT molecular complexity index is 738. The molecule has 1 N–H and O–H groups in total. The SMILES string of the molecule is C=C1C(=O)Nc2cc(C(=O)OC)ccc21.COc1ccccc1. The van der Waals surface area contributed by atoms with Gasteiger partial charge >= 0.3 is 5.97 Å². The smallest absolute Gasteiger partial charge is 0.337 e. The Kier molecular flexibility index (Phi) is 5.15. The fourth-order valence-electron chi connectivity index (χ4n) is 2.03. The Hall–Kier alpha value is -3.08. The first-order valence-corrected chi connectivity index (χ1v) is 6.89. The number of rotatable bonds is 2. The number of esters is 1. The summed E-state index contributed by atoms with van der Waals surface area (Å²) < 4.78 is 9.49. The number of methoxy groups -OCH3 is 2. The standard InChI is InChI=1S/C11H9NO3.C7H8O/c1-6-8-4-3-7(11(14)15-2)5-9(8)12-10(6)13;1-8-7-5-3-2-4-6-7/h3-5H,1H2,2H3,(H,12,13);2-6H,1H3. The normalized spacial score (nSPS) is 11.7. The zero-order chi connectivity index (χ0) is 16.8. The van der Waals surface area contributed by atoms with Crippen LogP contribution in [-0.4, -0.2) is 26.1 Å². The molecule has 3 rings (SSSR count). The maximum Gasteiger partial charge on any atom is 0.337 e. The van der Waals surface area contributed by atoms with Gasteiger partial charge in [0, 0.05) is 16.8 Å². The molecule has 0 fully saturated rings. The predicted octanol–water partition coefficient (Wildman–Crippen LogP) is 3.13. The highest BCUT2D eigenvalue weighted by molar-refractivity contribution is 6.31. The van der Waals surface area contributed by atoms with Crippen LogP contribution in [-0.2, 0) is 9.53 Å². The van der Waals surface area contributed by atoms with Crippen molar-refractivity contribution in [1.82, 2.24) is 0 Å². The van der Waals surface area contributed by atoms with E-state index in [0.717, 1.165) is 11.3 Å². The Morgan fingerprint density at radius 1 is 1.09 bits per heavy atom. The number of benzene rings is 2. The summed E-state index contributed by atoms with van der Waals surface area (Å²) in [4.78, 5) is 22.5. The first-order chi connectivity index (χ1) is 11.1. The third-order valence-corrected chi connectivity index (χ3v) is 3.27. The maximum absolute atomic E-state index is 11.3. The zero-order valence-electron chi connectivity index (χ0n) is 13.0. The highest BCUT2D eigenvalue weighted by atomic mass is 16.5. The van der Waals surface area contributed by atoms with E-state index in [4.69, 9.17) is 4.74 Å². The number of carbonyl (C=O) groups excluding carboxylic acids is 2. The van der Waals surface area contributed by atoms with Gasteiger partial charge in [-0.3, -0.25) is 4.79 Å². The first kappa shape index (κ1) is 16.3. The van der Waals surface area contributed by atoms with Crippen LogP contribution in [0.25, 0.3) is 5.57 Å². The van der Waals surface area contributed by atoms with E-state index in [1.165, 1.54) is 7.11 Å². The summed E-state index contributed by atoms with van der Waals surface area (Å²) in [5.41, 5.74) is 2.16. The molecular formula is C18H17NO4. The van der Waals surface area contributed by atoms with E-state index in [2.05, 4.69) is 16.6 Å². The number of hydrogen-bond acceptors (Lipinski definition) is 4. The summed E-state index contributed by atoms with van der Waals surface area (Å²) in [7, 11) is 2.97. The minimum Gasteiger partial charge on any atom is -0.497 e. The van der Waals surface area contributed by atoms with Gasteiger partial charge in [-0.1, -0.05) is 30.8 Å². The van der Waals surface area contributed by atoms with Crippen molar-refractivity contribution in [1.29, 1.82) is 0 Å². The van der Waals surface area contributed by atoms with Crippen LogP contribution in [0.4, 0.5) is 5.69 Å². The average Bonchev–Trinajstić information content (AvgIpc) is 2.89. The zero-order valence-corrected chi connectivity index (χ0v) is 13.0. The van der Waals surface area contributed by atoms with Crippen LogP contribution in [0.15, 0.2) is 55.1 Å². The van der Waals surface area contributed by atoms with Gasteiger partial charge in [0.05, 0.1) is 19.8 Å². The second kappa shape index (κ2) is 7.26. The van der Waals surface area contributed by atoms with Crippen molar-refractivity contribution in [2.24, 2.45) is 0 Å². The Morgan fingerprint density at radius 2 is 1.78 bits per heavy atom. The third kappa shape index (κ3) is 3.77. The minimum absolute atomic E-state index is 0.230. The number of nitrogens with one attached hydrogen (secondary N) is 1. The van der Waals surface area contributed by atoms with Gasteiger partial charge in [-0.15, -0.1) is 0 Å². The number of hydrogen-bond donors (Lipinski definition) is 1. The van der Waals surface area contributed by atoms with Crippen LogP contribution in [0.3, 0.4) is 0 Å². The molecule has 0 atom stereocenters. The van der Waals surface area contributed by atoms with Gasteiger partial charge in [0.15, 0.2) is 0 Å². The number of para-hydroxylation sites is 1. The molecular weight excluding hydrogens is 294 g/mol. The fourth-order valence-corrected chi connectivity index (χ4v) is 2.03. The van der Waals surface area contributed by atoms with E-state index in [1.807, 2.05) is 30.3 Å². The average molecular weight is 311 g/mol. The fraction of sp³-hybridized carbons (Fsp3) is 0.111. The molecule has 23 heavy (non-hydrogen) atoms. The van der Waals surface area contributed by atoms with Crippen molar-refractivity contribution < 1.29 is 19.1 Å². The van der Waals surface area contributed by atoms with Crippen LogP contribution >= 0.6 is 0 Å². The highest BCUT2D eigenvalue weighted by Gasteiger charge is 2.23. The van der Waals surface area contributed by atoms with Crippen molar-refractivity contribution in [2.45, 2.75) is 0 Å². The summed E-state index contributed by atoms with van der Waals surface area (Å²) in [6.45, 7) is 3.64. The van der Waals surface area contributed by atoms with Crippen LogP contribution < -0.4 is 10.1 Å². The van der Waals surface area contributed by atoms with E-state index >= 15 is 0 Å². The topological polar surface area (TPSA) is 64.6 Å². The molecule has 0 spiro atoms. The summed E-state index contributed by atoms with van der Waals surface area (Å²) in [6.07, 6.45) is 0. The first-order valence-electron chi connectivity index (χ1n) is 6.89. The maximum atomic E-state index is 11.3. The van der Waals surface area contributed by atoms with Crippen LogP contribution in [0, 0.1) is 0 Å². The molecule has 118 valence electrons. The number of anilines is 1. The van der Waals surface area contributed by atoms with Crippen molar-refractivity contribution in [3.05, 3.63) is 66.2 Å². The van der Waals surface area contributed by atoms with E-state index in [-0.39, 0.29) is 5.91 Å². The van der Waals surface area contributed by atoms with Gasteiger partial charge in [-0.05, 0) is 24.3 Å². The summed E-state index contributed by atoms with van der Waals surface area (Å²) in [5, 5.41) is 2.62. The second-order valence-corrected chi connectivity index (χ2v) is 4.70. The Morgan fingerprint density at radius 3 is 2.35 bits per heavy atom. The molecule has 0 saturated carbocycles. The van der Waals surface area contributed by atoms with Gasteiger partial charge in [0.2, 0.25) is 0 Å². The molecule has 0 aliphatic carbocycles. The van der Waals surface area contributed by atoms with E-state index < -0.39 is 5.97 Å². The van der Waals surface area contributed by atoms with Gasteiger partial charge in [-0.2, -0.15) is 0 Å². The van der Waals surface area contributed by atoms with Crippen LogP contribution in [0.1, 0.15) is 15.9 Å². The van der Waals surface area contributed by atoms with Crippen LogP contribution in [0.2, 0.25) is 0 Å². The van der Waals surface area contributed by atoms with Crippen molar-refractivity contribution in [2.75, 3.05) is 19.5 Å². The summed E-state index contributed by atoms with van der Waals surface area (Å²) >= 11 is 0. The number of carbonyl (C=O) groups is 2. The predicted molar refractivity (Wildman–Crippen MR) is 88.4 cm³/mol. The van der Waals surface area contributed by atoms with Crippen LogP contribution in [0.5, 0.6) is 5.75 Å². The number of ether oxygens (including phenoxy) is 2. The second-order valence-electron chi connectivity index (χ2n) is 4.70. The monoisotopic (exact) mass is 311 g/mol. The lowest BCUT2D eigenvalue weighted by molar-refractivity contribution is -0.110. The van der Waals surface area contributed by atoms with Crippen molar-refractivity contribution in [3.63, 3.8) is 0 Å². The van der Waals surface area contributed by atoms with Gasteiger partial charge in [0.25, 0.3) is 5.91 Å². The largest absolute Gasteiger partial charge is 0.497 e. The van der Waals surface area contributed by atoms with E-state index in [1.54, 1.807) is 25.3 Å². The lowest BCUT2D eigenvalue weighted by Gasteiger charge is -2.01. The summed E-state index contributed by atoms with van der Waals surface area (Å²) in [5.74, 6) is 0.254. The van der Waals surface area contributed by atoms with E-state index in [9.17, 15) is 9.59 Å². The minimum atomic E-state index is -0.426. The molecule has 1 heterocycles. The van der Waals surface area contributed by atoms with Gasteiger partial charge in [-0.25, -0.2) is 4.79 Å². The third-order valence-electron chi connectivity index (χ3n) is 3.27. The molecule has 1 aliphatic heterocycles. The number of fused-ring (bicyclic) bond motifs is 1. The van der Waals surface area contributed by atoms with Gasteiger partial charge < -0.3 is 14.8 Å². The molecule has 1 aliphatic rings. The molecule has 2 aromatic carbocycles.